The van der Waals surface area contributed by atoms with E-state index in [1.807, 2.05) is 0 Å². The summed E-state index contributed by atoms with van der Waals surface area (Å²) in [5.41, 5.74) is 7.28. The number of aromatic nitrogens is 1. The molecule has 0 saturated carbocycles. The summed E-state index contributed by atoms with van der Waals surface area (Å²) in [6.07, 6.45) is 1.77. The summed E-state index contributed by atoms with van der Waals surface area (Å²) in [5.74, 6) is -0.103. The number of likely N-dealkylation sites (tertiary alicyclic amines) is 1. The van der Waals surface area contributed by atoms with Crippen molar-refractivity contribution < 1.29 is 9.90 Å². The number of nitrogens with two attached hydrogens (primary N) is 1. The SMILES string of the molecule is Cc1ncc(N)cc1C(=O)N1CC[C@H](O)C1. The van der Waals surface area contributed by atoms with Crippen LogP contribution in [0.4, 0.5) is 5.69 Å². The number of pyridine rings is 1. The number of aliphatic hydroxyl groups excluding tert-OH is 1. The fraction of sp³-hybridized carbons (Fsp3) is 0.455. The Morgan fingerprint density at radius 3 is 3.06 bits per heavy atom. The first kappa shape index (κ1) is 10.9. The van der Waals surface area contributed by atoms with E-state index in [9.17, 15) is 9.90 Å². The maximum atomic E-state index is 12.1. The van der Waals surface area contributed by atoms with Crippen molar-refractivity contribution in [3.63, 3.8) is 0 Å². The van der Waals surface area contributed by atoms with Gasteiger partial charge in [0.15, 0.2) is 0 Å². The van der Waals surface area contributed by atoms with Crippen LogP contribution in [0.3, 0.4) is 0 Å². The van der Waals surface area contributed by atoms with Gasteiger partial charge in [-0.25, -0.2) is 0 Å². The zero-order valence-electron chi connectivity index (χ0n) is 9.18. The third-order valence-electron chi connectivity index (χ3n) is 2.79. The maximum Gasteiger partial charge on any atom is 0.255 e. The van der Waals surface area contributed by atoms with Crippen LogP contribution >= 0.6 is 0 Å². The monoisotopic (exact) mass is 221 g/mol. The van der Waals surface area contributed by atoms with Gasteiger partial charge in [-0.1, -0.05) is 0 Å². The highest BCUT2D eigenvalue weighted by molar-refractivity contribution is 5.96. The predicted octanol–water partition coefficient (Wildman–Crippen LogP) is 0.179. The van der Waals surface area contributed by atoms with E-state index in [-0.39, 0.29) is 5.91 Å². The standard InChI is InChI=1S/C11H15N3O2/c1-7-10(4-8(12)5-13-7)11(16)14-3-2-9(15)6-14/h4-5,9,15H,2-3,6,12H2,1H3/t9-/m0/s1. The first-order valence-electron chi connectivity index (χ1n) is 5.27. The number of carbonyl (C=O) groups is 1. The topological polar surface area (TPSA) is 79.5 Å². The van der Waals surface area contributed by atoms with Crippen molar-refractivity contribution in [1.29, 1.82) is 0 Å². The minimum Gasteiger partial charge on any atom is -0.397 e. The third kappa shape index (κ3) is 1.99. The van der Waals surface area contributed by atoms with Crippen molar-refractivity contribution in [2.24, 2.45) is 0 Å². The van der Waals surface area contributed by atoms with Gasteiger partial charge in [-0.15, -0.1) is 0 Å². The number of rotatable bonds is 1. The lowest BCUT2D eigenvalue weighted by Gasteiger charge is -2.16. The summed E-state index contributed by atoms with van der Waals surface area (Å²) in [7, 11) is 0. The highest BCUT2D eigenvalue weighted by Gasteiger charge is 2.26. The molecule has 0 aromatic carbocycles. The van der Waals surface area contributed by atoms with Crippen molar-refractivity contribution in [3.05, 3.63) is 23.5 Å². The average molecular weight is 221 g/mol. The van der Waals surface area contributed by atoms with E-state index in [2.05, 4.69) is 4.98 Å². The molecule has 0 radical (unpaired) electrons. The predicted molar refractivity (Wildman–Crippen MR) is 59.9 cm³/mol. The number of hydrogen-bond donors (Lipinski definition) is 2. The van der Waals surface area contributed by atoms with Gasteiger partial charge < -0.3 is 15.7 Å². The van der Waals surface area contributed by atoms with E-state index in [1.54, 1.807) is 17.9 Å². The van der Waals surface area contributed by atoms with Gasteiger partial charge in [-0.05, 0) is 19.4 Å². The smallest absolute Gasteiger partial charge is 0.255 e. The van der Waals surface area contributed by atoms with E-state index in [0.717, 1.165) is 0 Å². The molecule has 0 aliphatic carbocycles. The quantitative estimate of drug-likeness (QED) is 0.709. The fourth-order valence-corrected chi connectivity index (χ4v) is 1.86. The minimum absolute atomic E-state index is 0.103. The number of anilines is 1. The lowest BCUT2D eigenvalue weighted by atomic mass is 10.1. The number of aliphatic hydroxyl groups is 1. The van der Waals surface area contributed by atoms with Gasteiger partial charge in [-0.3, -0.25) is 9.78 Å². The molecule has 1 saturated heterocycles. The number of amides is 1. The molecule has 1 aromatic rings. The van der Waals surface area contributed by atoms with Crippen molar-refractivity contribution >= 4 is 11.6 Å². The van der Waals surface area contributed by atoms with E-state index in [0.29, 0.717) is 36.5 Å². The van der Waals surface area contributed by atoms with Crippen molar-refractivity contribution in [1.82, 2.24) is 9.88 Å². The van der Waals surface area contributed by atoms with Crippen molar-refractivity contribution in [3.8, 4) is 0 Å². The van der Waals surface area contributed by atoms with Crippen LogP contribution in [0.2, 0.25) is 0 Å². The van der Waals surface area contributed by atoms with Crippen LogP contribution in [-0.2, 0) is 0 Å². The Morgan fingerprint density at radius 2 is 2.44 bits per heavy atom. The van der Waals surface area contributed by atoms with E-state index in [4.69, 9.17) is 5.73 Å². The summed E-state index contributed by atoms with van der Waals surface area (Å²) in [4.78, 5) is 17.8. The third-order valence-corrected chi connectivity index (χ3v) is 2.79. The molecular weight excluding hydrogens is 206 g/mol. The summed E-state index contributed by atoms with van der Waals surface area (Å²) in [6, 6.07) is 1.63. The summed E-state index contributed by atoms with van der Waals surface area (Å²) in [5, 5.41) is 9.39. The minimum atomic E-state index is -0.404. The van der Waals surface area contributed by atoms with Crippen LogP contribution in [0.5, 0.6) is 0 Å². The molecule has 5 heteroatoms. The molecule has 3 N–H and O–H groups in total. The van der Waals surface area contributed by atoms with Crippen LogP contribution in [0.25, 0.3) is 0 Å². The molecule has 1 aromatic heterocycles. The number of aryl methyl sites for hydroxylation is 1. The number of β-amino-alcohol motifs (C(OH)–C–C–N with tert-alkyl or cyclic N) is 1. The summed E-state index contributed by atoms with van der Waals surface area (Å²) in [6.45, 7) is 2.76. The molecule has 1 aliphatic heterocycles. The fourth-order valence-electron chi connectivity index (χ4n) is 1.86. The number of hydrogen-bond acceptors (Lipinski definition) is 4. The largest absolute Gasteiger partial charge is 0.397 e. The van der Waals surface area contributed by atoms with Gasteiger partial charge in [0.1, 0.15) is 0 Å². The van der Waals surface area contributed by atoms with Gasteiger partial charge in [0.25, 0.3) is 5.91 Å². The van der Waals surface area contributed by atoms with E-state index in [1.165, 1.54) is 6.20 Å². The van der Waals surface area contributed by atoms with Gasteiger partial charge >= 0.3 is 0 Å². The summed E-state index contributed by atoms with van der Waals surface area (Å²) >= 11 is 0. The first-order valence-corrected chi connectivity index (χ1v) is 5.27. The first-order chi connectivity index (χ1) is 7.58. The number of nitrogen functional groups attached to an aromatic ring is 1. The molecular formula is C11H15N3O2. The van der Waals surface area contributed by atoms with Crippen LogP contribution in [0.15, 0.2) is 12.3 Å². The molecule has 1 fully saturated rings. The lowest BCUT2D eigenvalue weighted by molar-refractivity contribution is 0.0764. The van der Waals surface area contributed by atoms with Crippen molar-refractivity contribution in [2.45, 2.75) is 19.4 Å². The second kappa shape index (κ2) is 4.09. The average Bonchev–Trinajstić information content (AvgIpc) is 2.67. The highest BCUT2D eigenvalue weighted by Crippen LogP contribution is 2.16. The molecule has 1 atom stereocenters. The van der Waals surface area contributed by atoms with Gasteiger partial charge in [0.05, 0.1) is 29.2 Å². The zero-order valence-corrected chi connectivity index (χ0v) is 9.18. The van der Waals surface area contributed by atoms with Crippen LogP contribution in [0, 0.1) is 6.92 Å². The second-order valence-electron chi connectivity index (χ2n) is 4.10. The second-order valence-corrected chi connectivity index (χ2v) is 4.10. The molecule has 1 aliphatic rings. The molecule has 0 spiro atoms. The zero-order chi connectivity index (χ0) is 11.7. The normalized spacial score (nSPS) is 20.1. The Morgan fingerprint density at radius 1 is 1.69 bits per heavy atom. The molecule has 2 heterocycles. The maximum absolute atomic E-state index is 12.1. The molecule has 5 nitrogen and oxygen atoms in total. The Hall–Kier alpha value is -1.62. The van der Waals surface area contributed by atoms with Crippen LogP contribution in [0.1, 0.15) is 22.5 Å². The summed E-state index contributed by atoms with van der Waals surface area (Å²) < 4.78 is 0. The molecule has 1 amide bonds. The molecule has 0 unspecified atom stereocenters. The van der Waals surface area contributed by atoms with Crippen molar-refractivity contribution in [2.75, 3.05) is 18.8 Å². The Labute approximate surface area is 93.9 Å². The molecule has 0 bridgehead atoms. The molecule has 2 rings (SSSR count). The Kier molecular flexibility index (Phi) is 2.78. The highest BCUT2D eigenvalue weighted by atomic mass is 16.3. The van der Waals surface area contributed by atoms with Gasteiger partial charge in [0, 0.05) is 13.1 Å². The van der Waals surface area contributed by atoms with Crippen LogP contribution < -0.4 is 5.73 Å². The van der Waals surface area contributed by atoms with E-state index >= 15 is 0 Å². The Bertz CT molecular complexity index is 420. The number of carbonyl (C=O) groups excluding carboxylic acids is 1. The Balaban J connectivity index is 2.23. The van der Waals surface area contributed by atoms with Gasteiger partial charge in [-0.2, -0.15) is 0 Å². The van der Waals surface area contributed by atoms with Crippen LogP contribution in [-0.4, -0.2) is 40.1 Å². The van der Waals surface area contributed by atoms with E-state index < -0.39 is 6.10 Å². The lowest BCUT2D eigenvalue weighted by Crippen LogP contribution is -2.30. The molecule has 86 valence electrons. The number of nitrogens with zero attached hydrogens (tertiary/aromatic N) is 2. The molecule has 16 heavy (non-hydrogen) atoms. The van der Waals surface area contributed by atoms with Gasteiger partial charge in [0.2, 0.25) is 0 Å².